The van der Waals surface area contributed by atoms with E-state index in [1.807, 2.05) is 0 Å². The van der Waals surface area contributed by atoms with E-state index in [9.17, 15) is 0 Å². The molecule has 0 atom stereocenters. The van der Waals surface area contributed by atoms with Gasteiger partial charge in [-0.2, -0.15) is 0 Å². The monoisotopic (exact) mass is 191 g/mol. The Morgan fingerprint density at radius 3 is 2.18 bits per heavy atom. The predicted molar refractivity (Wildman–Crippen MR) is 55.9 cm³/mol. The van der Waals surface area contributed by atoms with Gasteiger partial charge < -0.3 is 5.73 Å². The highest BCUT2D eigenvalue weighted by Gasteiger charge is 2.19. The van der Waals surface area contributed by atoms with Crippen molar-refractivity contribution in [3.05, 3.63) is 0 Å². The first-order valence-electron chi connectivity index (χ1n) is 4.33. The van der Waals surface area contributed by atoms with Gasteiger partial charge in [0.25, 0.3) is 0 Å². The number of nitrogens with two attached hydrogens (primary N) is 1. The molecule has 0 unspecified atom stereocenters. The van der Waals surface area contributed by atoms with E-state index >= 15 is 0 Å². The standard InChI is InChI=1S/C8H17NS2/c9-5-7-1-3-8(4-2-7)6-11-10/h7-8,10H,1-6,9H2. The van der Waals surface area contributed by atoms with E-state index in [0.717, 1.165) is 18.4 Å². The summed E-state index contributed by atoms with van der Waals surface area (Å²) in [6.45, 7) is 0.890. The molecule has 0 aromatic heterocycles. The van der Waals surface area contributed by atoms with Gasteiger partial charge in [-0.1, -0.05) is 10.8 Å². The lowest BCUT2D eigenvalue weighted by Crippen LogP contribution is -2.22. The van der Waals surface area contributed by atoms with Crippen molar-refractivity contribution in [2.45, 2.75) is 25.7 Å². The topological polar surface area (TPSA) is 26.0 Å². The van der Waals surface area contributed by atoms with E-state index in [4.69, 9.17) is 5.73 Å². The molecule has 2 N–H and O–H groups in total. The van der Waals surface area contributed by atoms with Gasteiger partial charge in [0.2, 0.25) is 0 Å². The van der Waals surface area contributed by atoms with Crippen LogP contribution in [0.25, 0.3) is 0 Å². The van der Waals surface area contributed by atoms with E-state index < -0.39 is 0 Å². The molecule has 0 aromatic carbocycles. The van der Waals surface area contributed by atoms with E-state index in [0.29, 0.717) is 0 Å². The lowest BCUT2D eigenvalue weighted by Gasteiger charge is -2.26. The highest BCUT2D eigenvalue weighted by atomic mass is 33.1. The number of hydrogen-bond acceptors (Lipinski definition) is 3. The molecule has 11 heavy (non-hydrogen) atoms. The van der Waals surface area contributed by atoms with Gasteiger partial charge in [0.15, 0.2) is 0 Å². The Balaban J connectivity index is 2.14. The molecule has 1 rings (SSSR count). The third kappa shape index (κ3) is 3.26. The molecule has 0 heterocycles. The predicted octanol–water partition coefficient (Wildman–Crippen LogP) is 2.33. The molecular weight excluding hydrogens is 174 g/mol. The summed E-state index contributed by atoms with van der Waals surface area (Å²) in [6, 6.07) is 0. The van der Waals surface area contributed by atoms with Crippen LogP contribution in [0.2, 0.25) is 0 Å². The first-order chi connectivity index (χ1) is 5.36. The molecule has 1 aliphatic rings. The van der Waals surface area contributed by atoms with Gasteiger partial charge in [0, 0.05) is 5.75 Å². The second-order valence-corrected chi connectivity index (χ2v) is 4.78. The first kappa shape index (κ1) is 9.75. The minimum absolute atomic E-state index is 0.816. The Hall–Kier alpha value is 0.660. The lowest BCUT2D eigenvalue weighted by molar-refractivity contribution is 0.299. The highest BCUT2D eigenvalue weighted by Crippen LogP contribution is 2.30. The third-order valence-electron chi connectivity index (χ3n) is 2.61. The van der Waals surface area contributed by atoms with Crippen LogP contribution in [0.15, 0.2) is 0 Å². The molecule has 0 spiro atoms. The van der Waals surface area contributed by atoms with Crippen LogP contribution in [0.5, 0.6) is 0 Å². The van der Waals surface area contributed by atoms with Crippen molar-refractivity contribution in [3.63, 3.8) is 0 Å². The minimum Gasteiger partial charge on any atom is -0.330 e. The molecule has 1 nitrogen and oxygen atoms in total. The van der Waals surface area contributed by atoms with Crippen molar-refractivity contribution in [1.29, 1.82) is 0 Å². The summed E-state index contributed by atoms with van der Waals surface area (Å²) in [5.41, 5.74) is 5.60. The molecule has 0 amide bonds. The van der Waals surface area contributed by atoms with Crippen molar-refractivity contribution in [3.8, 4) is 0 Å². The summed E-state index contributed by atoms with van der Waals surface area (Å²) in [7, 11) is 1.68. The second kappa shape index (κ2) is 5.33. The fourth-order valence-corrected chi connectivity index (χ4v) is 2.92. The van der Waals surface area contributed by atoms with Crippen LogP contribution in [0, 0.1) is 11.8 Å². The highest BCUT2D eigenvalue weighted by molar-refractivity contribution is 8.68. The molecule has 0 bridgehead atoms. The Labute approximate surface area is 78.3 Å². The molecule has 0 saturated heterocycles. The molecule has 0 aliphatic heterocycles. The molecule has 1 aliphatic carbocycles. The van der Waals surface area contributed by atoms with Crippen molar-refractivity contribution >= 4 is 22.5 Å². The van der Waals surface area contributed by atoms with Crippen LogP contribution < -0.4 is 5.73 Å². The maximum atomic E-state index is 5.60. The number of thiol groups is 1. The van der Waals surface area contributed by atoms with Gasteiger partial charge in [-0.05, 0) is 44.1 Å². The van der Waals surface area contributed by atoms with Crippen molar-refractivity contribution < 1.29 is 0 Å². The lowest BCUT2D eigenvalue weighted by atomic mass is 9.83. The van der Waals surface area contributed by atoms with Gasteiger partial charge in [0.1, 0.15) is 0 Å². The molecule has 1 fully saturated rings. The van der Waals surface area contributed by atoms with E-state index in [1.54, 1.807) is 10.8 Å². The minimum atomic E-state index is 0.816. The quantitative estimate of drug-likeness (QED) is 0.529. The van der Waals surface area contributed by atoms with Gasteiger partial charge in [-0.3, -0.25) is 0 Å². The first-order valence-corrected chi connectivity index (χ1v) is 6.37. The average molecular weight is 191 g/mol. The smallest absolute Gasteiger partial charge is 0.00628 e. The maximum Gasteiger partial charge on any atom is 0.00628 e. The average Bonchev–Trinajstić information content (AvgIpc) is 2.07. The molecule has 0 aromatic rings. The van der Waals surface area contributed by atoms with Crippen LogP contribution in [-0.4, -0.2) is 12.3 Å². The van der Waals surface area contributed by atoms with Gasteiger partial charge in [-0.15, -0.1) is 11.7 Å². The zero-order chi connectivity index (χ0) is 8.10. The molecule has 0 radical (unpaired) electrons. The van der Waals surface area contributed by atoms with Crippen molar-refractivity contribution in [2.24, 2.45) is 17.6 Å². The molecule has 66 valence electrons. The number of rotatable bonds is 3. The number of hydrogen-bond donors (Lipinski definition) is 2. The maximum absolute atomic E-state index is 5.60. The Morgan fingerprint density at radius 2 is 1.73 bits per heavy atom. The van der Waals surface area contributed by atoms with E-state index in [2.05, 4.69) is 11.7 Å². The largest absolute Gasteiger partial charge is 0.330 e. The van der Waals surface area contributed by atoms with Gasteiger partial charge >= 0.3 is 0 Å². The zero-order valence-electron chi connectivity index (χ0n) is 6.83. The third-order valence-corrected chi connectivity index (χ3v) is 3.68. The summed E-state index contributed by atoms with van der Waals surface area (Å²) >= 11 is 4.17. The van der Waals surface area contributed by atoms with Crippen molar-refractivity contribution in [2.75, 3.05) is 12.3 Å². The Kier molecular flexibility index (Phi) is 4.72. The Bertz CT molecular complexity index is 100. The second-order valence-electron chi connectivity index (χ2n) is 3.42. The zero-order valence-corrected chi connectivity index (χ0v) is 8.54. The summed E-state index contributed by atoms with van der Waals surface area (Å²) in [4.78, 5) is 0. The summed E-state index contributed by atoms with van der Waals surface area (Å²) in [5.74, 6) is 2.96. The van der Waals surface area contributed by atoms with E-state index in [1.165, 1.54) is 31.4 Å². The normalized spacial score (nSPS) is 32.2. The Morgan fingerprint density at radius 1 is 1.18 bits per heavy atom. The summed E-state index contributed by atoms with van der Waals surface area (Å²) in [5, 5.41) is 0. The SMILES string of the molecule is NCC1CCC(CSS)CC1. The fraction of sp³-hybridized carbons (Fsp3) is 1.00. The van der Waals surface area contributed by atoms with Crippen LogP contribution in [-0.2, 0) is 0 Å². The van der Waals surface area contributed by atoms with Gasteiger partial charge in [-0.25, -0.2) is 0 Å². The molecule has 1 saturated carbocycles. The van der Waals surface area contributed by atoms with Crippen LogP contribution in [0.4, 0.5) is 0 Å². The van der Waals surface area contributed by atoms with Crippen LogP contribution in [0.3, 0.4) is 0 Å². The van der Waals surface area contributed by atoms with E-state index in [-0.39, 0.29) is 0 Å². The van der Waals surface area contributed by atoms with Gasteiger partial charge in [0.05, 0.1) is 0 Å². The fourth-order valence-electron chi connectivity index (χ4n) is 1.74. The summed E-state index contributed by atoms with van der Waals surface area (Å²) < 4.78 is 0. The van der Waals surface area contributed by atoms with Crippen LogP contribution >= 0.6 is 22.5 Å². The molecule has 3 heteroatoms. The van der Waals surface area contributed by atoms with Crippen LogP contribution in [0.1, 0.15) is 25.7 Å². The van der Waals surface area contributed by atoms with Crippen molar-refractivity contribution in [1.82, 2.24) is 0 Å². The molecular formula is C8H17NS2. The summed E-state index contributed by atoms with van der Waals surface area (Å²) in [6.07, 6.45) is 5.43.